The van der Waals surface area contributed by atoms with Gasteiger partial charge < -0.3 is 14.8 Å². The molecule has 7 heteroatoms. The highest BCUT2D eigenvalue weighted by Crippen LogP contribution is 2.52. The maximum atomic E-state index is 13.5. The first-order chi connectivity index (χ1) is 15.0. The zero-order valence-electron chi connectivity index (χ0n) is 18.2. The van der Waals surface area contributed by atoms with E-state index in [-0.39, 0.29) is 23.1 Å². The topological polar surface area (TPSA) is 80.1 Å². The molecular weight excluding hydrogens is 390 g/mol. The molecule has 3 fully saturated rings. The highest BCUT2D eigenvalue weighted by molar-refractivity contribution is 5.97. The standard InChI is InChI=1S/C24H31N5O2/c1-17(30)26-20-7-5-6-19(12-20)23(31)28-14-21(24(15-28)10-3-2-4-11-24)22-27-25-16-29(22)13-18-8-9-18/h5-7,12,16,18,21H,2-4,8-11,13-15H2,1H3,(H,26,30). The molecule has 31 heavy (non-hydrogen) atoms. The van der Waals surface area contributed by atoms with Crippen LogP contribution in [0.15, 0.2) is 30.6 Å². The third-order valence-corrected chi connectivity index (χ3v) is 7.32. The highest BCUT2D eigenvalue weighted by Gasteiger charge is 2.50. The maximum Gasteiger partial charge on any atom is 0.253 e. The fourth-order valence-electron chi connectivity index (χ4n) is 5.61. The van der Waals surface area contributed by atoms with Crippen LogP contribution in [-0.2, 0) is 11.3 Å². The Hall–Kier alpha value is -2.70. The number of carbonyl (C=O) groups is 2. The Labute approximate surface area is 183 Å². The number of carbonyl (C=O) groups excluding carboxylic acids is 2. The zero-order valence-corrected chi connectivity index (χ0v) is 18.2. The van der Waals surface area contributed by atoms with Crippen molar-refractivity contribution in [3.8, 4) is 0 Å². The van der Waals surface area contributed by atoms with Gasteiger partial charge in [0, 0.05) is 43.7 Å². The summed E-state index contributed by atoms with van der Waals surface area (Å²) < 4.78 is 2.25. The van der Waals surface area contributed by atoms with Gasteiger partial charge in [-0.2, -0.15) is 0 Å². The van der Waals surface area contributed by atoms with Crippen molar-refractivity contribution in [2.45, 2.75) is 64.3 Å². The Morgan fingerprint density at radius 2 is 2.00 bits per heavy atom. The third-order valence-electron chi connectivity index (χ3n) is 7.32. The van der Waals surface area contributed by atoms with Crippen molar-refractivity contribution >= 4 is 17.5 Å². The second kappa shape index (κ2) is 8.09. The summed E-state index contributed by atoms with van der Waals surface area (Å²) in [6.45, 7) is 3.94. The van der Waals surface area contributed by atoms with Crippen molar-refractivity contribution < 1.29 is 9.59 Å². The summed E-state index contributed by atoms with van der Waals surface area (Å²) in [5, 5.41) is 11.6. The Balaban J connectivity index is 1.42. The molecule has 1 N–H and O–H groups in total. The van der Waals surface area contributed by atoms with Crippen LogP contribution in [0.2, 0.25) is 0 Å². The van der Waals surface area contributed by atoms with Crippen molar-refractivity contribution in [1.29, 1.82) is 0 Å². The van der Waals surface area contributed by atoms with E-state index in [4.69, 9.17) is 0 Å². The number of benzene rings is 1. The third kappa shape index (κ3) is 4.10. The van der Waals surface area contributed by atoms with Gasteiger partial charge in [0.2, 0.25) is 5.91 Å². The van der Waals surface area contributed by atoms with Crippen LogP contribution in [-0.4, -0.2) is 44.6 Å². The SMILES string of the molecule is CC(=O)Nc1cccc(C(=O)N2CC(c3nncn3CC3CC3)C3(CCCCC3)C2)c1. The summed E-state index contributed by atoms with van der Waals surface area (Å²) in [6.07, 6.45) is 10.5. The van der Waals surface area contributed by atoms with Crippen LogP contribution < -0.4 is 5.32 Å². The number of rotatable bonds is 5. The van der Waals surface area contributed by atoms with E-state index in [0.717, 1.165) is 37.7 Å². The van der Waals surface area contributed by atoms with Gasteiger partial charge in [-0.3, -0.25) is 9.59 Å². The lowest BCUT2D eigenvalue weighted by Gasteiger charge is -2.37. The Bertz CT molecular complexity index is 974. The van der Waals surface area contributed by atoms with E-state index in [1.165, 1.54) is 39.0 Å². The summed E-state index contributed by atoms with van der Waals surface area (Å²) in [7, 11) is 0. The molecule has 2 amide bonds. The van der Waals surface area contributed by atoms with Crippen LogP contribution in [0.1, 0.15) is 74.0 Å². The molecule has 7 nitrogen and oxygen atoms in total. The largest absolute Gasteiger partial charge is 0.337 e. The fourth-order valence-corrected chi connectivity index (χ4v) is 5.61. The highest BCUT2D eigenvalue weighted by atomic mass is 16.2. The number of nitrogens with one attached hydrogen (secondary N) is 1. The van der Waals surface area contributed by atoms with Crippen LogP contribution in [0.3, 0.4) is 0 Å². The minimum Gasteiger partial charge on any atom is -0.337 e. The molecule has 164 valence electrons. The molecule has 2 heterocycles. The smallest absolute Gasteiger partial charge is 0.253 e. The van der Waals surface area contributed by atoms with Crippen LogP contribution in [0, 0.1) is 11.3 Å². The minimum absolute atomic E-state index is 0.0351. The molecule has 1 aromatic heterocycles. The second-order valence-electron chi connectivity index (χ2n) is 9.71. The molecule has 1 atom stereocenters. The quantitative estimate of drug-likeness (QED) is 0.796. The monoisotopic (exact) mass is 421 g/mol. The molecule has 1 saturated heterocycles. The van der Waals surface area contributed by atoms with Crippen molar-refractivity contribution in [3.05, 3.63) is 42.0 Å². The lowest BCUT2D eigenvalue weighted by molar-refractivity contribution is -0.114. The Morgan fingerprint density at radius 3 is 2.74 bits per heavy atom. The number of aromatic nitrogens is 3. The van der Waals surface area contributed by atoms with E-state index >= 15 is 0 Å². The molecule has 2 aromatic rings. The van der Waals surface area contributed by atoms with Crippen LogP contribution >= 0.6 is 0 Å². The minimum atomic E-state index is -0.137. The first kappa shape index (κ1) is 20.2. The van der Waals surface area contributed by atoms with E-state index < -0.39 is 0 Å². The van der Waals surface area contributed by atoms with E-state index in [9.17, 15) is 9.59 Å². The molecule has 1 aromatic carbocycles. The lowest BCUT2D eigenvalue weighted by Crippen LogP contribution is -2.34. The first-order valence-electron chi connectivity index (χ1n) is 11.6. The summed E-state index contributed by atoms with van der Waals surface area (Å²) in [5.74, 6) is 1.95. The summed E-state index contributed by atoms with van der Waals surface area (Å²) in [5.41, 5.74) is 1.38. The number of hydrogen-bond donors (Lipinski definition) is 1. The summed E-state index contributed by atoms with van der Waals surface area (Å²) >= 11 is 0. The van der Waals surface area contributed by atoms with Crippen LogP contribution in [0.25, 0.3) is 0 Å². The van der Waals surface area contributed by atoms with Gasteiger partial charge in [0.1, 0.15) is 12.2 Å². The Kier molecular flexibility index (Phi) is 5.28. The van der Waals surface area contributed by atoms with E-state index in [1.807, 2.05) is 29.4 Å². The number of anilines is 1. The molecule has 2 aliphatic carbocycles. The van der Waals surface area contributed by atoms with Gasteiger partial charge in [0.15, 0.2) is 0 Å². The summed E-state index contributed by atoms with van der Waals surface area (Å²) in [4.78, 5) is 26.9. The fraction of sp³-hybridized carbons (Fsp3) is 0.583. The van der Waals surface area contributed by atoms with Crippen molar-refractivity contribution in [2.24, 2.45) is 11.3 Å². The normalized spacial score (nSPS) is 22.6. The summed E-state index contributed by atoms with van der Waals surface area (Å²) in [6, 6.07) is 7.26. The molecule has 2 saturated carbocycles. The molecule has 3 aliphatic rings. The predicted molar refractivity (Wildman–Crippen MR) is 118 cm³/mol. The molecule has 1 unspecified atom stereocenters. The lowest BCUT2D eigenvalue weighted by atomic mass is 9.67. The first-order valence-corrected chi connectivity index (χ1v) is 11.6. The second-order valence-corrected chi connectivity index (χ2v) is 9.71. The van der Waals surface area contributed by atoms with Gasteiger partial charge in [-0.1, -0.05) is 25.3 Å². The van der Waals surface area contributed by atoms with Crippen molar-refractivity contribution in [1.82, 2.24) is 19.7 Å². The average Bonchev–Trinajstić information content (AvgIpc) is 3.35. The predicted octanol–water partition coefficient (Wildman–Crippen LogP) is 3.84. The molecule has 0 radical (unpaired) electrons. The number of hydrogen-bond acceptors (Lipinski definition) is 4. The van der Waals surface area contributed by atoms with Gasteiger partial charge in [0.25, 0.3) is 5.91 Å². The van der Waals surface area contributed by atoms with Crippen LogP contribution in [0.4, 0.5) is 5.69 Å². The van der Waals surface area contributed by atoms with Crippen molar-refractivity contribution in [3.63, 3.8) is 0 Å². The van der Waals surface area contributed by atoms with Crippen LogP contribution in [0.5, 0.6) is 0 Å². The molecule has 0 bridgehead atoms. The number of nitrogens with zero attached hydrogens (tertiary/aromatic N) is 4. The molecule has 1 aliphatic heterocycles. The van der Waals surface area contributed by atoms with Crippen molar-refractivity contribution in [2.75, 3.05) is 18.4 Å². The molecular formula is C24H31N5O2. The van der Waals surface area contributed by atoms with E-state index in [1.54, 1.807) is 6.07 Å². The van der Waals surface area contributed by atoms with E-state index in [2.05, 4.69) is 20.1 Å². The van der Waals surface area contributed by atoms with Gasteiger partial charge in [-0.05, 0) is 55.2 Å². The van der Waals surface area contributed by atoms with Gasteiger partial charge >= 0.3 is 0 Å². The van der Waals surface area contributed by atoms with Gasteiger partial charge in [-0.25, -0.2) is 0 Å². The number of amides is 2. The van der Waals surface area contributed by atoms with Gasteiger partial charge in [-0.15, -0.1) is 10.2 Å². The molecule has 5 rings (SSSR count). The maximum absolute atomic E-state index is 13.5. The average molecular weight is 422 g/mol. The Morgan fingerprint density at radius 1 is 1.19 bits per heavy atom. The van der Waals surface area contributed by atoms with Gasteiger partial charge in [0.05, 0.1) is 0 Å². The zero-order chi connectivity index (χ0) is 21.4. The van der Waals surface area contributed by atoms with E-state index in [0.29, 0.717) is 17.8 Å². The number of likely N-dealkylation sites (tertiary alicyclic amines) is 1. The molecule has 1 spiro atoms.